The highest BCUT2D eigenvalue weighted by Gasteiger charge is 2.22. The molecule has 4 rings (SSSR count). The van der Waals surface area contributed by atoms with E-state index in [0.717, 1.165) is 39.6 Å². The van der Waals surface area contributed by atoms with Crippen LogP contribution in [0.1, 0.15) is 41.8 Å². The summed E-state index contributed by atoms with van der Waals surface area (Å²) in [5.74, 6) is 0.875. The van der Waals surface area contributed by atoms with Crippen molar-refractivity contribution in [1.29, 1.82) is 0 Å². The van der Waals surface area contributed by atoms with Gasteiger partial charge in [-0.1, -0.05) is 85.8 Å². The van der Waals surface area contributed by atoms with Crippen LogP contribution in [-0.4, -0.2) is 16.8 Å². The van der Waals surface area contributed by atoms with Gasteiger partial charge in [-0.3, -0.25) is 4.79 Å². The summed E-state index contributed by atoms with van der Waals surface area (Å²) in [6.07, 6.45) is 0.890. The lowest BCUT2D eigenvalue weighted by atomic mass is 10.0. The third kappa shape index (κ3) is 5.00. The van der Waals surface area contributed by atoms with E-state index in [-0.39, 0.29) is 11.9 Å². The SMILES string of the molecule is CCC(C)N(Cc1cccc(OCc2ccccc2)c1)C(=O)c1cccc2ccccc12. The molecule has 0 heterocycles. The van der Waals surface area contributed by atoms with E-state index < -0.39 is 0 Å². The molecule has 0 aliphatic rings. The number of amides is 1. The summed E-state index contributed by atoms with van der Waals surface area (Å²) in [5, 5.41) is 2.08. The molecular weight excluding hydrogens is 394 g/mol. The van der Waals surface area contributed by atoms with Gasteiger partial charge in [0.1, 0.15) is 12.4 Å². The van der Waals surface area contributed by atoms with E-state index in [1.807, 2.05) is 83.8 Å². The third-order valence-electron chi connectivity index (χ3n) is 5.90. The van der Waals surface area contributed by atoms with E-state index >= 15 is 0 Å². The van der Waals surface area contributed by atoms with Crippen LogP contribution < -0.4 is 4.74 Å². The van der Waals surface area contributed by atoms with Gasteiger partial charge in [0.05, 0.1) is 0 Å². The average Bonchev–Trinajstić information content (AvgIpc) is 2.85. The van der Waals surface area contributed by atoms with E-state index in [4.69, 9.17) is 4.74 Å². The zero-order valence-corrected chi connectivity index (χ0v) is 18.7. The van der Waals surface area contributed by atoms with Gasteiger partial charge in [0.25, 0.3) is 5.91 Å². The highest BCUT2D eigenvalue weighted by atomic mass is 16.5. The van der Waals surface area contributed by atoms with Gasteiger partial charge in [-0.15, -0.1) is 0 Å². The number of hydrogen-bond donors (Lipinski definition) is 0. The van der Waals surface area contributed by atoms with Gasteiger partial charge >= 0.3 is 0 Å². The summed E-state index contributed by atoms with van der Waals surface area (Å²) in [7, 11) is 0. The van der Waals surface area contributed by atoms with Crippen LogP contribution in [-0.2, 0) is 13.2 Å². The van der Waals surface area contributed by atoms with Crippen LogP contribution in [0.3, 0.4) is 0 Å². The molecule has 0 radical (unpaired) electrons. The minimum atomic E-state index is 0.0618. The molecule has 1 amide bonds. The summed E-state index contributed by atoms with van der Waals surface area (Å²) in [4.78, 5) is 15.6. The normalized spacial score (nSPS) is 11.8. The fourth-order valence-corrected chi connectivity index (χ4v) is 3.89. The number of ether oxygens (including phenoxy) is 1. The maximum atomic E-state index is 13.7. The van der Waals surface area contributed by atoms with Crippen LogP contribution in [0.25, 0.3) is 10.8 Å². The maximum absolute atomic E-state index is 13.7. The lowest BCUT2D eigenvalue weighted by Gasteiger charge is -2.29. The molecule has 4 aromatic carbocycles. The van der Waals surface area contributed by atoms with Crippen molar-refractivity contribution in [1.82, 2.24) is 4.90 Å². The van der Waals surface area contributed by atoms with Gasteiger partial charge in [0.2, 0.25) is 0 Å². The second kappa shape index (κ2) is 10.1. The summed E-state index contributed by atoms with van der Waals surface area (Å²) in [6.45, 7) is 5.29. The maximum Gasteiger partial charge on any atom is 0.255 e. The highest BCUT2D eigenvalue weighted by molar-refractivity contribution is 6.07. The predicted molar refractivity (Wildman–Crippen MR) is 131 cm³/mol. The zero-order valence-electron chi connectivity index (χ0n) is 18.7. The first-order valence-electron chi connectivity index (χ1n) is 11.2. The molecule has 0 fully saturated rings. The molecule has 3 heteroatoms. The molecule has 0 bridgehead atoms. The van der Waals surface area contributed by atoms with Gasteiger partial charge < -0.3 is 9.64 Å². The number of fused-ring (bicyclic) bond motifs is 1. The Labute approximate surface area is 190 Å². The molecule has 0 N–H and O–H groups in total. The van der Waals surface area contributed by atoms with Crippen molar-refractivity contribution >= 4 is 16.7 Å². The van der Waals surface area contributed by atoms with Crippen molar-refractivity contribution < 1.29 is 9.53 Å². The molecule has 0 saturated heterocycles. The smallest absolute Gasteiger partial charge is 0.255 e. The Morgan fingerprint density at radius 3 is 2.34 bits per heavy atom. The molecule has 1 unspecified atom stereocenters. The van der Waals surface area contributed by atoms with E-state index in [0.29, 0.717) is 13.2 Å². The van der Waals surface area contributed by atoms with Crippen molar-refractivity contribution in [2.24, 2.45) is 0 Å². The average molecular weight is 424 g/mol. The van der Waals surface area contributed by atoms with E-state index in [2.05, 4.69) is 32.0 Å². The molecule has 1 atom stereocenters. The lowest BCUT2D eigenvalue weighted by molar-refractivity contribution is 0.0673. The molecule has 0 aliphatic heterocycles. The topological polar surface area (TPSA) is 29.5 Å². The summed E-state index contributed by atoms with van der Waals surface area (Å²) in [5.41, 5.74) is 2.94. The predicted octanol–water partition coefficient (Wildman–Crippen LogP) is 6.86. The summed E-state index contributed by atoms with van der Waals surface area (Å²) < 4.78 is 6.00. The fourth-order valence-electron chi connectivity index (χ4n) is 3.89. The van der Waals surface area contributed by atoms with Crippen LogP contribution in [0.4, 0.5) is 0 Å². The lowest BCUT2D eigenvalue weighted by Crippen LogP contribution is -2.37. The van der Waals surface area contributed by atoms with Crippen LogP contribution in [0, 0.1) is 0 Å². The Kier molecular flexibility index (Phi) is 6.86. The molecule has 4 aromatic rings. The summed E-state index contributed by atoms with van der Waals surface area (Å²) in [6, 6.07) is 32.3. The Bertz CT molecular complexity index is 1180. The molecule has 162 valence electrons. The zero-order chi connectivity index (χ0) is 22.3. The first-order valence-corrected chi connectivity index (χ1v) is 11.2. The number of nitrogens with zero attached hydrogens (tertiary/aromatic N) is 1. The van der Waals surface area contributed by atoms with Crippen molar-refractivity contribution in [3.05, 3.63) is 114 Å². The number of carbonyl (C=O) groups excluding carboxylic acids is 1. The van der Waals surface area contributed by atoms with Gasteiger partial charge in [-0.25, -0.2) is 0 Å². The summed E-state index contributed by atoms with van der Waals surface area (Å²) >= 11 is 0. The molecule has 0 aromatic heterocycles. The standard InChI is InChI=1S/C29H29NO2/c1-3-22(2)30(29(31)28-18-10-15-25-14-7-8-17-27(25)28)20-24-13-9-16-26(19-24)32-21-23-11-5-4-6-12-23/h4-19,22H,3,20-21H2,1-2H3. The van der Waals surface area contributed by atoms with Gasteiger partial charge in [-0.05, 0) is 53.4 Å². The third-order valence-corrected chi connectivity index (χ3v) is 5.90. The number of benzene rings is 4. The molecule has 0 saturated carbocycles. The van der Waals surface area contributed by atoms with E-state index in [1.54, 1.807) is 0 Å². The molecule has 0 aliphatic carbocycles. The van der Waals surface area contributed by atoms with Crippen LogP contribution in [0.2, 0.25) is 0 Å². The first kappa shape index (κ1) is 21.6. The van der Waals surface area contributed by atoms with Crippen molar-refractivity contribution in [3.8, 4) is 5.75 Å². The monoisotopic (exact) mass is 423 g/mol. The number of hydrogen-bond acceptors (Lipinski definition) is 2. The van der Waals surface area contributed by atoms with Crippen LogP contribution >= 0.6 is 0 Å². The molecule has 0 spiro atoms. The molecular formula is C29H29NO2. The molecule has 32 heavy (non-hydrogen) atoms. The minimum absolute atomic E-state index is 0.0618. The number of carbonyl (C=O) groups is 1. The number of rotatable bonds is 8. The van der Waals surface area contributed by atoms with Gasteiger partial charge in [-0.2, -0.15) is 0 Å². The van der Waals surface area contributed by atoms with Crippen molar-refractivity contribution in [3.63, 3.8) is 0 Å². The Hall–Kier alpha value is -3.59. The Balaban J connectivity index is 1.56. The molecule has 3 nitrogen and oxygen atoms in total. The quantitative estimate of drug-likeness (QED) is 0.310. The fraction of sp³-hybridized carbons (Fsp3) is 0.207. The largest absolute Gasteiger partial charge is 0.489 e. The van der Waals surface area contributed by atoms with Crippen LogP contribution in [0.5, 0.6) is 5.75 Å². The van der Waals surface area contributed by atoms with Crippen molar-refractivity contribution in [2.75, 3.05) is 0 Å². The highest BCUT2D eigenvalue weighted by Crippen LogP contribution is 2.24. The second-order valence-corrected chi connectivity index (χ2v) is 8.14. The Morgan fingerprint density at radius 1 is 0.844 bits per heavy atom. The first-order chi connectivity index (χ1) is 15.7. The van der Waals surface area contributed by atoms with Gasteiger partial charge in [0.15, 0.2) is 0 Å². The van der Waals surface area contributed by atoms with E-state index in [9.17, 15) is 4.79 Å². The van der Waals surface area contributed by atoms with E-state index in [1.165, 1.54) is 0 Å². The van der Waals surface area contributed by atoms with Crippen molar-refractivity contribution in [2.45, 2.75) is 39.5 Å². The second-order valence-electron chi connectivity index (χ2n) is 8.14. The minimum Gasteiger partial charge on any atom is -0.489 e. The van der Waals surface area contributed by atoms with Gasteiger partial charge in [0, 0.05) is 18.2 Å². The Morgan fingerprint density at radius 2 is 1.53 bits per heavy atom. The van der Waals surface area contributed by atoms with Crippen LogP contribution in [0.15, 0.2) is 97.1 Å².